The molecular formula is C9H22N2O2S. The Balaban J connectivity index is 3.96. The number of unbranched alkanes of at least 4 members (excludes halogenated alkanes) is 1. The molecule has 0 aromatic heterocycles. The quantitative estimate of drug-likeness (QED) is 0.670. The zero-order valence-corrected chi connectivity index (χ0v) is 10.1. The van der Waals surface area contributed by atoms with Gasteiger partial charge >= 0.3 is 0 Å². The summed E-state index contributed by atoms with van der Waals surface area (Å²) in [5.74, 6) is 0.215. The Hall–Kier alpha value is -0.130. The Morgan fingerprint density at radius 2 is 1.93 bits per heavy atom. The molecule has 0 spiro atoms. The Kier molecular flexibility index (Phi) is 6.31. The zero-order valence-electron chi connectivity index (χ0n) is 9.29. The fraction of sp³-hybridized carbons (Fsp3) is 1.00. The molecule has 0 radical (unpaired) electrons. The summed E-state index contributed by atoms with van der Waals surface area (Å²) in [6, 6.07) is -0.0456. The molecule has 0 saturated carbocycles. The first-order valence-electron chi connectivity index (χ1n) is 5.13. The van der Waals surface area contributed by atoms with Crippen molar-refractivity contribution in [2.75, 3.05) is 5.75 Å². The van der Waals surface area contributed by atoms with E-state index in [9.17, 15) is 8.42 Å². The first-order valence-corrected chi connectivity index (χ1v) is 6.78. The molecule has 0 aliphatic heterocycles. The maximum atomic E-state index is 11.4. The van der Waals surface area contributed by atoms with Gasteiger partial charge in [-0.25, -0.2) is 13.1 Å². The normalized spacial score (nSPS) is 16.6. The predicted octanol–water partition coefficient (Wildman–Crippen LogP) is 0.832. The van der Waals surface area contributed by atoms with Gasteiger partial charge in [-0.3, -0.25) is 0 Å². The number of hydrogen-bond donors (Lipinski definition) is 2. The van der Waals surface area contributed by atoms with Gasteiger partial charge in [0.25, 0.3) is 0 Å². The Morgan fingerprint density at radius 1 is 1.36 bits per heavy atom. The Morgan fingerprint density at radius 3 is 2.36 bits per heavy atom. The van der Waals surface area contributed by atoms with Gasteiger partial charge in [-0.15, -0.1) is 0 Å². The van der Waals surface area contributed by atoms with Crippen molar-refractivity contribution in [3.63, 3.8) is 0 Å². The minimum absolute atomic E-state index is 0.0267. The van der Waals surface area contributed by atoms with Crippen LogP contribution in [0.15, 0.2) is 0 Å². The van der Waals surface area contributed by atoms with Gasteiger partial charge in [0.2, 0.25) is 10.0 Å². The lowest BCUT2D eigenvalue weighted by atomic mass is 10.1. The second-order valence-electron chi connectivity index (χ2n) is 3.90. The lowest BCUT2D eigenvalue weighted by Gasteiger charge is -2.15. The van der Waals surface area contributed by atoms with E-state index < -0.39 is 10.0 Å². The molecule has 3 N–H and O–H groups in total. The molecule has 0 bridgehead atoms. The van der Waals surface area contributed by atoms with E-state index >= 15 is 0 Å². The number of hydrogen-bond acceptors (Lipinski definition) is 3. The summed E-state index contributed by atoms with van der Waals surface area (Å²) in [5, 5.41) is 0. The minimum atomic E-state index is -3.09. The highest BCUT2D eigenvalue weighted by Crippen LogP contribution is 1.99. The first kappa shape index (κ1) is 13.9. The third-order valence-corrected chi connectivity index (χ3v) is 3.46. The topological polar surface area (TPSA) is 72.2 Å². The molecule has 0 aliphatic rings. The summed E-state index contributed by atoms with van der Waals surface area (Å²) in [7, 11) is -3.09. The molecule has 0 amide bonds. The molecule has 0 heterocycles. The lowest BCUT2D eigenvalue weighted by molar-refractivity contribution is 0.518. The van der Waals surface area contributed by atoms with Gasteiger partial charge in [-0.1, -0.05) is 13.3 Å². The average Bonchev–Trinajstić information content (AvgIpc) is 1.98. The van der Waals surface area contributed by atoms with Crippen LogP contribution in [0.5, 0.6) is 0 Å². The molecule has 0 fully saturated rings. The minimum Gasteiger partial charge on any atom is -0.328 e. The standard InChI is InChI=1S/C9H22N2O2S/c1-4-5-6-14(12,13)11-9(3)7-8(2)10/h8-9,11H,4-7,10H2,1-3H3. The van der Waals surface area contributed by atoms with Crippen molar-refractivity contribution < 1.29 is 8.42 Å². The van der Waals surface area contributed by atoms with E-state index in [0.29, 0.717) is 12.8 Å². The smallest absolute Gasteiger partial charge is 0.211 e. The molecule has 5 heteroatoms. The van der Waals surface area contributed by atoms with Crippen LogP contribution in [-0.2, 0) is 10.0 Å². The molecule has 0 aliphatic carbocycles. The third-order valence-electron chi connectivity index (χ3n) is 1.87. The van der Waals surface area contributed by atoms with Gasteiger partial charge in [0, 0.05) is 12.1 Å². The van der Waals surface area contributed by atoms with Crippen molar-refractivity contribution in [2.45, 2.75) is 52.1 Å². The van der Waals surface area contributed by atoms with Gasteiger partial charge < -0.3 is 5.73 Å². The summed E-state index contributed by atoms with van der Waals surface area (Å²) in [5.41, 5.74) is 5.58. The summed E-state index contributed by atoms with van der Waals surface area (Å²) in [6.45, 7) is 5.69. The van der Waals surface area contributed by atoms with Gasteiger partial charge in [-0.2, -0.15) is 0 Å². The molecule has 86 valence electrons. The fourth-order valence-electron chi connectivity index (χ4n) is 1.31. The highest BCUT2D eigenvalue weighted by Gasteiger charge is 2.14. The van der Waals surface area contributed by atoms with Crippen LogP contribution in [0.1, 0.15) is 40.0 Å². The summed E-state index contributed by atoms with van der Waals surface area (Å²) in [4.78, 5) is 0. The molecule has 2 atom stereocenters. The summed E-state index contributed by atoms with van der Waals surface area (Å²) in [6.07, 6.45) is 2.27. The molecule has 4 nitrogen and oxygen atoms in total. The SMILES string of the molecule is CCCCS(=O)(=O)NC(C)CC(C)N. The van der Waals surface area contributed by atoms with Crippen LogP contribution in [-0.4, -0.2) is 26.3 Å². The van der Waals surface area contributed by atoms with E-state index in [1.807, 2.05) is 20.8 Å². The van der Waals surface area contributed by atoms with E-state index in [-0.39, 0.29) is 17.8 Å². The molecule has 14 heavy (non-hydrogen) atoms. The predicted molar refractivity (Wildman–Crippen MR) is 59.6 cm³/mol. The van der Waals surface area contributed by atoms with E-state index in [1.54, 1.807) is 0 Å². The van der Waals surface area contributed by atoms with Crippen LogP contribution in [0.3, 0.4) is 0 Å². The van der Waals surface area contributed by atoms with Crippen LogP contribution in [0, 0.1) is 0 Å². The fourth-order valence-corrected chi connectivity index (χ4v) is 2.80. The number of nitrogens with one attached hydrogen (secondary N) is 1. The molecule has 0 aromatic rings. The van der Waals surface area contributed by atoms with Gasteiger partial charge in [0.1, 0.15) is 0 Å². The van der Waals surface area contributed by atoms with Crippen LogP contribution >= 0.6 is 0 Å². The summed E-state index contributed by atoms with van der Waals surface area (Å²) < 4.78 is 25.5. The first-order chi connectivity index (χ1) is 6.37. The van der Waals surface area contributed by atoms with Crippen molar-refractivity contribution in [1.29, 1.82) is 0 Å². The molecular weight excluding hydrogens is 200 g/mol. The largest absolute Gasteiger partial charge is 0.328 e. The van der Waals surface area contributed by atoms with Crippen LogP contribution < -0.4 is 10.5 Å². The van der Waals surface area contributed by atoms with E-state index in [4.69, 9.17) is 5.73 Å². The van der Waals surface area contributed by atoms with E-state index in [2.05, 4.69) is 4.72 Å². The number of sulfonamides is 1. The molecule has 0 aromatic carbocycles. The van der Waals surface area contributed by atoms with Crippen LogP contribution in [0.2, 0.25) is 0 Å². The number of rotatable bonds is 7. The van der Waals surface area contributed by atoms with Crippen molar-refractivity contribution in [1.82, 2.24) is 4.72 Å². The van der Waals surface area contributed by atoms with Crippen LogP contribution in [0.25, 0.3) is 0 Å². The molecule has 2 unspecified atom stereocenters. The monoisotopic (exact) mass is 222 g/mol. The maximum absolute atomic E-state index is 11.4. The van der Waals surface area contributed by atoms with Gasteiger partial charge in [0.05, 0.1) is 5.75 Å². The highest BCUT2D eigenvalue weighted by molar-refractivity contribution is 7.89. The van der Waals surface area contributed by atoms with Crippen molar-refractivity contribution in [2.24, 2.45) is 5.73 Å². The third kappa shape index (κ3) is 7.29. The van der Waals surface area contributed by atoms with Crippen molar-refractivity contribution in [3.8, 4) is 0 Å². The van der Waals surface area contributed by atoms with E-state index in [0.717, 1.165) is 6.42 Å². The number of nitrogens with two attached hydrogens (primary N) is 1. The van der Waals surface area contributed by atoms with Gasteiger partial charge in [0.15, 0.2) is 0 Å². The molecule has 0 saturated heterocycles. The van der Waals surface area contributed by atoms with E-state index in [1.165, 1.54) is 0 Å². The summed E-state index contributed by atoms with van der Waals surface area (Å²) >= 11 is 0. The average molecular weight is 222 g/mol. The Labute approximate surface area is 87.3 Å². The molecule has 0 rings (SSSR count). The van der Waals surface area contributed by atoms with Crippen molar-refractivity contribution >= 4 is 10.0 Å². The van der Waals surface area contributed by atoms with Gasteiger partial charge in [-0.05, 0) is 26.7 Å². The maximum Gasteiger partial charge on any atom is 0.211 e. The second kappa shape index (κ2) is 6.37. The Bertz CT molecular complexity index is 237. The van der Waals surface area contributed by atoms with Crippen molar-refractivity contribution in [3.05, 3.63) is 0 Å². The highest BCUT2D eigenvalue weighted by atomic mass is 32.2. The van der Waals surface area contributed by atoms with Crippen LogP contribution in [0.4, 0.5) is 0 Å². The second-order valence-corrected chi connectivity index (χ2v) is 5.78. The zero-order chi connectivity index (χ0) is 11.2. The lowest BCUT2D eigenvalue weighted by Crippen LogP contribution is -2.37.